The van der Waals surface area contributed by atoms with E-state index in [-0.39, 0.29) is 0 Å². The van der Waals surface area contributed by atoms with Gasteiger partial charge in [-0.2, -0.15) is 0 Å². The molecule has 0 bridgehead atoms. The first-order valence-electron chi connectivity index (χ1n) is 4.83. The van der Waals surface area contributed by atoms with Gasteiger partial charge in [0.15, 0.2) is 5.15 Å². The van der Waals surface area contributed by atoms with Crippen molar-refractivity contribution in [2.45, 2.75) is 6.42 Å². The molecule has 0 unspecified atom stereocenters. The van der Waals surface area contributed by atoms with Gasteiger partial charge in [-0.25, -0.2) is 0 Å². The van der Waals surface area contributed by atoms with Gasteiger partial charge in [0, 0.05) is 6.54 Å². The predicted molar refractivity (Wildman–Crippen MR) is 59.1 cm³/mol. The number of nitrogens with one attached hydrogen (secondary N) is 1. The molecule has 80 valence electrons. The third-order valence-electron chi connectivity index (χ3n) is 2.19. The second kappa shape index (κ2) is 5.09. The minimum Gasteiger partial charge on any atom is -0.377 e. The summed E-state index contributed by atoms with van der Waals surface area (Å²) in [6.07, 6.45) is 3.08. The van der Waals surface area contributed by atoms with E-state index in [2.05, 4.69) is 21.6 Å². The second-order valence-corrected chi connectivity index (χ2v) is 3.67. The largest absolute Gasteiger partial charge is 0.377 e. The molecule has 0 atom stereocenters. The molecular weight excluding hydrogens is 214 g/mol. The van der Waals surface area contributed by atoms with Gasteiger partial charge in [0.25, 0.3) is 0 Å². The van der Waals surface area contributed by atoms with Crippen LogP contribution in [-0.4, -0.2) is 30.0 Å². The number of halogens is 1. The summed E-state index contributed by atoms with van der Waals surface area (Å²) in [6, 6.07) is 3.53. The van der Waals surface area contributed by atoms with Crippen LogP contribution in [0.15, 0.2) is 23.8 Å². The molecule has 0 saturated carbocycles. The van der Waals surface area contributed by atoms with Gasteiger partial charge in [-0.05, 0) is 18.6 Å². The topological polar surface area (TPSA) is 47.0 Å². The molecule has 0 spiro atoms. The highest BCUT2D eigenvalue weighted by Gasteiger charge is 2.03. The molecule has 2 rings (SSSR count). The molecule has 0 amide bonds. The second-order valence-electron chi connectivity index (χ2n) is 3.28. The van der Waals surface area contributed by atoms with E-state index in [1.165, 1.54) is 5.57 Å². The summed E-state index contributed by atoms with van der Waals surface area (Å²) in [6.45, 7) is 2.31. The fourth-order valence-corrected chi connectivity index (χ4v) is 1.44. The fourth-order valence-electron chi connectivity index (χ4n) is 1.34. The molecule has 0 radical (unpaired) electrons. The highest BCUT2D eigenvalue weighted by atomic mass is 35.5. The van der Waals surface area contributed by atoms with Crippen LogP contribution in [0.25, 0.3) is 0 Å². The van der Waals surface area contributed by atoms with Crippen LogP contribution in [0, 0.1) is 0 Å². The third kappa shape index (κ3) is 3.18. The van der Waals surface area contributed by atoms with E-state index < -0.39 is 0 Å². The quantitative estimate of drug-likeness (QED) is 0.799. The Morgan fingerprint density at radius 3 is 3.00 bits per heavy atom. The molecule has 0 aliphatic carbocycles. The maximum atomic E-state index is 5.63. The van der Waals surface area contributed by atoms with Gasteiger partial charge in [-0.1, -0.05) is 23.3 Å². The minimum atomic E-state index is 0.408. The van der Waals surface area contributed by atoms with Crippen LogP contribution in [-0.2, 0) is 4.74 Å². The standard InChI is InChI=1S/C10H12ClN3O/c11-9-1-2-10(14-13-9)12-7-8-3-5-15-6-4-8/h1-3H,4-7H2,(H,12,14). The average molecular weight is 226 g/mol. The van der Waals surface area contributed by atoms with Crippen molar-refractivity contribution in [1.29, 1.82) is 0 Å². The van der Waals surface area contributed by atoms with E-state index in [1.54, 1.807) is 6.07 Å². The summed E-state index contributed by atoms with van der Waals surface area (Å²) < 4.78 is 5.22. The van der Waals surface area contributed by atoms with E-state index in [0.29, 0.717) is 11.8 Å². The summed E-state index contributed by atoms with van der Waals surface area (Å²) in [5, 5.41) is 11.3. The zero-order valence-corrected chi connectivity index (χ0v) is 9.00. The lowest BCUT2D eigenvalue weighted by Crippen LogP contribution is -2.12. The molecule has 1 aromatic rings. The first-order valence-corrected chi connectivity index (χ1v) is 5.21. The zero-order valence-electron chi connectivity index (χ0n) is 8.24. The fraction of sp³-hybridized carbons (Fsp3) is 0.400. The molecule has 0 aromatic carbocycles. The number of hydrogen-bond donors (Lipinski definition) is 1. The highest BCUT2D eigenvalue weighted by molar-refractivity contribution is 6.29. The van der Waals surface area contributed by atoms with E-state index in [4.69, 9.17) is 16.3 Å². The number of ether oxygens (including phenoxy) is 1. The molecule has 0 saturated heterocycles. The number of aromatic nitrogens is 2. The van der Waals surface area contributed by atoms with Crippen molar-refractivity contribution >= 4 is 17.4 Å². The van der Waals surface area contributed by atoms with Crippen LogP contribution in [0.2, 0.25) is 5.15 Å². The Balaban J connectivity index is 1.87. The molecule has 1 aromatic heterocycles. The first kappa shape index (κ1) is 10.4. The first-order chi connectivity index (χ1) is 7.34. The third-order valence-corrected chi connectivity index (χ3v) is 2.39. The van der Waals surface area contributed by atoms with Crippen LogP contribution < -0.4 is 5.32 Å². The predicted octanol–water partition coefficient (Wildman–Crippen LogP) is 1.89. The van der Waals surface area contributed by atoms with Crippen LogP contribution in [0.4, 0.5) is 5.82 Å². The Labute approximate surface area is 93.3 Å². The monoisotopic (exact) mass is 225 g/mol. The lowest BCUT2D eigenvalue weighted by molar-refractivity contribution is 0.154. The maximum absolute atomic E-state index is 5.63. The summed E-state index contributed by atoms with van der Waals surface area (Å²) in [7, 11) is 0. The maximum Gasteiger partial charge on any atom is 0.151 e. The van der Waals surface area contributed by atoms with E-state index in [9.17, 15) is 0 Å². The van der Waals surface area contributed by atoms with E-state index >= 15 is 0 Å². The molecule has 2 heterocycles. The van der Waals surface area contributed by atoms with Gasteiger partial charge in [0.1, 0.15) is 5.82 Å². The van der Waals surface area contributed by atoms with Crippen LogP contribution >= 0.6 is 11.6 Å². The Kier molecular flexibility index (Phi) is 3.53. The van der Waals surface area contributed by atoms with Crippen LogP contribution in [0.3, 0.4) is 0 Å². The van der Waals surface area contributed by atoms with Gasteiger partial charge < -0.3 is 10.1 Å². The number of nitrogens with zero attached hydrogens (tertiary/aromatic N) is 2. The van der Waals surface area contributed by atoms with Crippen molar-refractivity contribution in [3.8, 4) is 0 Å². The number of anilines is 1. The molecule has 1 aliphatic rings. The lowest BCUT2D eigenvalue weighted by Gasteiger charge is -2.13. The lowest BCUT2D eigenvalue weighted by atomic mass is 10.1. The highest BCUT2D eigenvalue weighted by Crippen LogP contribution is 2.10. The SMILES string of the molecule is Clc1ccc(NCC2=CCOCC2)nn1. The Morgan fingerprint density at radius 2 is 2.33 bits per heavy atom. The summed E-state index contributed by atoms with van der Waals surface area (Å²) in [4.78, 5) is 0. The summed E-state index contributed by atoms with van der Waals surface area (Å²) >= 11 is 5.63. The van der Waals surface area contributed by atoms with Crippen molar-refractivity contribution in [1.82, 2.24) is 10.2 Å². The molecular formula is C10H12ClN3O. The smallest absolute Gasteiger partial charge is 0.151 e. The average Bonchev–Trinajstić information content (AvgIpc) is 2.30. The number of hydrogen-bond acceptors (Lipinski definition) is 4. The van der Waals surface area contributed by atoms with Gasteiger partial charge in [0.2, 0.25) is 0 Å². The van der Waals surface area contributed by atoms with Gasteiger partial charge >= 0.3 is 0 Å². The van der Waals surface area contributed by atoms with E-state index in [0.717, 1.165) is 25.4 Å². The Hall–Kier alpha value is -1.13. The Bertz CT molecular complexity index is 350. The van der Waals surface area contributed by atoms with Crippen molar-refractivity contribution in [3.63, 3.8) is 0 Å². The summed E-state index contributed by atoms with van der Waals surface area (Å²) in [5.41, 5.74) is 1.35. The number of rotatable bonds is 3. The molecule has 1 N–H and O–H groups in total. The zero-order chi connectivity index (χ0) is 10.5. The summed E-state index contributed by atoms with van der Waals surface area (Å²) in [5.74, 6) is 0.742. The van der Waals surface area contributed by atoms with Crippen LogP contribution in [0.5, 0.6) is 0 Å². The molecule has 1 aliphatic heterocycles. The van der Waals surface area contributed by atoms with Gasteiger partial charge in [-0.15, -0.1) is 10.2 Å². The van der Waals surface area contributed by atoms with Crippen molar-refractivity contribution in [2.75, 3.05) is 25.1 Å². The molecule has 4 nitrogen and oxygen atoms in total. The van der Waals surface area contributed by atoms with Crippen molar-refractivity contribution < 1.29 is 4.74 Å². The van der Waals surface area contributed by atoms with Crippen molar-refractivity contribution in [2.24, 2.45) is 0 Å². The minimum absolute atomic E-state index is 0.408. The molecule has 0 fully saturated rings. The van der Waals surface area contributed by atoms with Crippen LogP contribution in [0.1, 0.15) is 6.42 Å². The van der Waals surface area contributed by atoms with Gasteiger partial charge in [0.05, 0.1) is 13.2 Å². The molecule has 15 heavy (non-hydrogen) atoms. The normalized spacial score (nSPS) is 15.9. The molecule has 5 heteroatoms. The Morgan fingerprint density at radius 1 is 1.40 bits per heavy atom. The van der Waals surface area contributed by atoms with Gasteiger partial charge in [-0.3, -0.25) is 0 Å². The van der Waals surface area contributed by atoms with Crippen molar-refractivity contribution in [3.05, 3.63) is 28.9 Å². The van der Waals surface area contributed by atoms with E-state index in [1.807, 2.05) is 6.07 Å².